The number of phenolic OH excluding ortho intramolecular Hbond substituents is 1. The highest BCUT2D eigenvalue weighted by atomic mass is 16.3. The number of nitrogen functional groups attached to an aromatic ring is 1. The summed E-state index contributed by atoms with van der Waals surface area (Å²) in [7, 11) is 0. The number of benzene rings is 1. The summed E-state index contributed by atoms with van der Waals surface area (Å²) in [5, 5.41) is 10.1. The van der Waals surface area contributed by atoms with E-state index in [4.69, 9.17) is 11.5 Å². The summed E-state index contributed by atoms with van der Waals surface area (Å²) >= 11 is 0. The molecular weight excluding hydrogens is 318 g/mol. The van der Waals surface area contributed by atoms with Crippen molar-refractivity contribution in [3.05, 3.63) is 47.3 Å². The number of nitrogens with two attached hydrogens (primary N) is 2. The quantitative estimate of drug-likeness (QED) is 0.678. The average molecular weight is 337 g/mol. The third-order valence-corrected chi connectivity index (χ3v) is 4.21. The number of rotatable bonds is 3. The summed E-state index contributed by atoms with van der Waals surface area (Å²) in [5.74, 6) is -0.433. The summed E-state index contributed by atoms with van der Waals surface area (Å²) in [4.78, 5) is 20.9. The number of aromatic nitrogens is 3. The van der Waals surface area contributed by atoms with Gasteiger partial charge in [-0.1, -0.05) is 12.6 Å². The van der Waals surface area contributed by atoms with E-state index >= 15 is 0 Å². The minimum atomic E-state index is -0.690. The Labute approximate surface area is 144 Å². The van der Waals surface area contributed by atoms with E-state index in [-0.39, 0.29) is 17.1 Å². The Morgan fingerprint density at radius 1 is 1.32 bits per heavy atom. The molecule has 3 aromatic rings. The first-order valence-electron chi connectivity index (χ1n) is 7.66. The second-order valence-corrected chi connectivity index (χ2v) is 6.04. The molecule has 1 aromatic carbocycles. The number of fused-ring (bicyclic) bond motifs is 1. The second-order valence-electron chi connectivity index (χ2n) is 6.04. The first kappa shape index (κ1) is 16.5. The lowest BCUT2D eigenvalue weighted by atomic mass is 10.1. The molecule has 128 valence electrons. The highest BCUT2D eigenvalue weighted by molar-refractivity contribution is 6.09. The van der Waals surface area contributed by atoms with Gasteiger partial charge < -0.3 is 16.6 Å². The highest BCUT2D eigenvalue weighted by Gasteiger charge is 2.25. The van der Waals surface area contributed by atoms with Crippen LogP contribution in [0.3, 0.4) is 0 Å². The van der Waals surface area contributed by atoms with E-state index in [1.165, 1.54) is 0 Å². The molecule has 7 nitrogen and oxygen atoms in total. The zero-order valence-electron chi connectivity index (χ0n) is 14.3. The third-order valence-electron chi connectivity index (χ3n) is 4.21. The molecule has 0 aliphatic carbocycles. The number of aryl methyl sites for hydroxylation is 1. The lowest BCUT2D eigenvalue weighted by Gasteiger charge is -2.15. The van der Waals surface area contributed by atoms with Gasteiger partial charge in [-0.05, 0) is 38.0 Å². The van der Waals surface area contributed by atoms with Crippen molar-refractivity contribution in [3.8, 4) is 11.4 Å². The van der Waals surface area contributed by atoms with E-state index in [1.54, 1.807) is 36.7 Å². The van der Waals surface area contributed by atoms with Gasteiger partial charge in [0.1, 0.15) is 22.6 Å². The predicted octanol–water partition coefficient (Wildman–Crippen LogP) is 2.46. The Bertz CT molecular complexity index is 1050. The molecule has 0 spiro atoms. The Balaban J connectivity index is 2.49. The minimum absolute atomic E-state index is 0.104. The zero-order valence-corrected chi connectivity index (χ0v) is 14.3. The molecule has 0 unspecified atom stereocenters. The van der Waals surface area contributed by atoms with Gasteiger partial charge in [0, 0.05) is 5.56 Å². The molecule has 25 heavy (non-hydrogen) atoms. The molecule has 0 aliphatic rings. The van der Waals surface area contributed by atoms with Gasteiger partial charge in [-0.2, -0.15) is 0 Å². The summed E-state index contributed by atoms with van der Waals surface area (Å²) in [6, 6.07) is 3.37. The Hall–Kier alpha value is -3.35. The molecule has 0 fully saturated rings. The van der Waals surface area contributed by atoms with Crippen molar-refractivity contribution in [3.63, 3.8) is 0 Å². The number of carbonyl (C=O) groups is 1. The molecule has 0 saturated carbocycles. The monoisotopic (exact) mass is 337 g/mol. The summed E-state index contributed by atoms with van der Waals surface area (Å²) in [6.07, 6.45) is 1.57. The number of aromatic hydroxyl groups is 1. The standard InChI is InChI=1S/C18H19N5O2/c1-8(2)11-7-21-18-14(22-11)13(17(20)25)16(19)23(18)15-9(3)5-6-12(24)10(15)4/h5-7,24H,1,19H2,2-4H3,(H2,20,25). The Kier molecular flexibility index (Phi) is 3.71. The molecule has 3 rings (SSSR count). The van der Waals surface area contributed by atoms with E-state index in [0.29, 0.717) is 33.7 Å². The van der Waals surface area contributed by atoms with Crippen LogP contribution in [-0.2, 0) is 0 Å². The van der Waals surface area contributed by atoms with Crippen molar-refractivity contribution in [1.82, 2.24) is 14.5 Å². The summed E-state index contributed by atoms with van der Waals surface area (Å²) in [5.41, 5.74) is 16.0. The van der Waals surface area contributed by atoms with Gasteiger partial charge in [-0.3, -0.25) is 9.36 Å². The Morgan fingerprint density at radius 3 is 2.60 bits per heavy atom. The van der Waals surface area contributed by atoms with Crippen LogP contribution < -0.4 is 11.5 Å². The number of anilines is 1. The largest absolute Gasteiger partial charge is 0.508 e. The van der Waals surface area contributed by atoms with Gasteiger partial charge in [0.05, 0.1) is 17.6 Å². The number of hydrogen-bond acceptors (Lipinski definition) is 5. The van der Waals surface area contributed by atoms with Gasteiger partial charge in [-0.15, -0.1) is 0 Å². The van der Waals surface area contributed by atoms with Crippen LogP contribution in [-0.4, -0.2) is 25.5 Å². The first-order valence-corrected chi connectivity index (χ1v) is 7.66. The molecule has 0 atom stereocenters. The van der Waals surface area contributed by atoms with Crippen molar-refractivity contribution >= 4 is 28.5 Å². The van der Waals surface area contributed by atoms with Crippen LogP contribution in [0.2, 0.25) is 0 Å². The first-order chi connectivity index (χ1) is 11.7. The lowest BCUT2D eigenvalue weighted by Crippen LogP contribution is -2.14. The molecule has 1 amide bonds. The maximum Gasteiger partial charge on any atom is 0.254 e. The second kappa shape index (κ2) is 5.62. The number of hydrogen-bond donors (Lipinski definition) is 3. The fourth-order valence-corrected chi connectivity index (χ4v) is 2.91. The van der Waals surface area contributed by atoms with E-state index in [2.05, 4.69) is 16.5 Å². The number of primary amides is 1. The molecule has 5 N–H and O–H groups in total. The van der Waals surface area contributed by atoms with Crippen molar-refractivity contribution < 1.29 is 9.90 Å². The molecular formula is C18H19N5O2. The number of phenols is 1. The van der Waals surface area contributed by atoms with Gasteiger partial charge in [0.25, 0.3) is 5.91 Å². The molecule has 0 radical (unpaired) electrons. The normalized spacial score (nSPS) is 11.0. The smallest absolute Gasteiger partial charge is 0.254 e. The maximum absolute atomic E-state index is 12.0. The van der Waals surface area contributed by atoms with Crippen LogP contribution in [0.5, 0.6) is 5.75 Å². The molecule has 0 bridgehead atoms. The van der Waals surface area contributed by atoms with Gasteiger partial charge in [0.15, 0.2) is 5.65 Å². The van der Waals surface area contributed by atoms with Gasteiger partial charge >= 0.3 is 0 Å². The number of carbonyl (C=O) groups excluding carboxylic acids is 1. The minimum Gasteiger partial charge on any atom is -0.508 e. The van der Waals surface area contributed by atoms with Gasteiger partial charge in [0.2, 0.25) is 0 Å². The maximum atomic E-state index is 12.0. The third kappa shape index (κ3) is 2.40. The Morgan fingerprint density at radius 2 is 2.00 bits per heavy atom. The van der Waals surface area contributed by atoms with E-state index in [0.717, 1.165) is 5.56 Å². The van der Waals surface area contributed by atoms with Gasteiger partial charge in [-0.25, -0.2) is 9.97 Å². The van der Waals surface area contributed by atoms with Crippen LogP contribution in [0.1, 0.15) is 34.1 Å². The number of amides is 1. The van der Waals surface area contributed by atoms with Crippen LogP contribution in [0.15, 0.2) is 24.9 Å². The topological polar surface area (TPSA) is 120 Å². The van der Waals surface area contributed by atoms with Crippen LogP contribution >= 0.6 is 0 Å². The molecule has 2 aromatic heterocycles. The fourth-order valence-electron chi connectivity index (χ4n) is 2.91. The zero-order chi connectivity index (χ0) is 18.5. The van der Waals surface area contributed by atoms with E-state index < -0.39 is 5.91 Å². The van der Waals surface area contributed by atoms with E-state index in [1.807, 2.05) is 6.92 Å². The SMILES string of the molecule is C=C(C)c1cnc2c(n1)c(C(N)=O)c(N)n2-c1c(C)ccc(O)c1C. The number of nitrogens with zero attached hydrogens (tertiary/aromatic N) is 3. The van der Waals surface area contributed by atoms with Crippen LogP contribution in [0.4, 0.5) is 5.82 Å². The fraction of sp³-hybridized carbons (Fsp3) is 0.167. The average Bonchev–Trinajstić information content (AvgIpc) is 2.83. The van der Waals surface area contributed by atoms with E-state index in [9.17, 15) is 9.90 Å². The van der Waals surface area contributed by atoms with Crippen molar-refractivity contribution in [2.24, 2.45) is 5.73 Å². The molecule has 7 heteroatoms. The lowest BCUT2D eigenvalue weighted by molar-refractivity contribution is 0.100. The molecule has 0 saturated heterocycles. The summed E-state index contributed by atoms with van der Waals surface area (Å²) < 4.78 is 1.61. The van der Waals surface area contributed by atoms with Crippen LogP contribution in [0.25, 0.3) is 22.4 Å². The summed E-state index contributed by atoms with van der Waals surface area (Å²) in [6.45, 7) is 9.29. The number of allylic oxidation sites excluding steroid dienone is 1. The van der Waals surface area contributed by atoms with Crippen molar-refractivity contribution in [2.45, 2.75) is 20.8 Å². The molecule has 0 aliphatic heterocycles. The van der Waals surface area contributed by atoms with Crippen LogP contribution in [0, 0.1) is 13.8 Å². The van der Waals surface area contributed by atoms with Crippen molar-refractivity contribution in [1.29, 1.82) is 0 Å². The predicted molar refractivity (Wildman–Crippen MR) is 97.6 cm³/mol. The highest BCUT2D eigenvalue weighted by Crippen LogP contribution is 2.35. The molecule has 2 heterocycles. The van der Waals surface area contributed by atoms with Crippen molar-refractivity contribution in [2.75, 3.05) is 5.73 Å².